The average Bonchev–Trinajstić information content (AvgIpc) is 2.26. The number of rotatable bonds is 2. The molecule has 0 radical (unpaired) electrons. The van der Waals surface area contributed by atoms with Crippen LogP contribution in [0.5, 0.6) is 0 Å². The zero-order valence-corrected chi connectivity index (χ0v) is 8.19. The highest BCUT2D eigenvalue weighted by Crippen LogP contribution is 2.08. The van der Waals surface area contributed by atoms with E-state index in [1.165, 1.54) is 0 Å². The second-order valence-electron chi connectivity index (χ2n) is 2.15. The van der Waals surface area contributed by atoms with E-state index in [2.05, 4.69) is 26.7 Å². The first-order valence-electron chi connectivity index (χ1n) is 3.32. The summed E-state index contributed by atoms with van der Waals surface area (Å²) in [6.07, 6.45) is 0.502. The van der Waals surface area contributed by atoms with Gasteiger partial charge in [-0.05, 0) is 5.75 Å². The predicted molar refractivity (Wildman–Crippen MR) is 51.3 cm³/mol. The Balaban J connectivity index is 2.96. The number of nitrogens with zero attached hydrogens (tertiary/aromatic N) is 2. The second kappa shape index (κ2) is 3.44. The highest BCUT2D eigenvalue weighted by atomic mass is 32.2. The molecule has 0 aliphatic carbocycles. The molecule has 0 aromatic heterocycles. The predicted octanol–water partition coefficient (Wildman–Crippen LogP) is -0.376. The summed E-state index contributed by atoms with van der Waals surface area (Å²) >= 11 is 3.97. The summed E-state index contributed by atoms with van der Waals surface area (Å²) in [5, 5.41) is 2.66. The monoisotopic (exact) mass is 207 g/mol. The first kappa shape index (κ1) is 9.53. The van der Waals surface area contributed by atoms with Crippen molar-refractivity contribution >= 4 is 34.4 Å². The Hall–Kier alpha value is -0.560. The molecular weight excluding hydrogens is 198 g/mol. The topological polar surface area (TPSA) is 70.9 Å². The van der Waals surface area contributed by atoms with Gasteiger partial charge in [0.1, 0.15) is 0 Å². The summed E-state index contributed by atoms with van der Waals surface area (Å²) in [6.45, 7) is 0. The second-order valence-corrected chi connectivity index (χ2v) is 3.86. The lowest BCUT2D eigenvalue weighted by molar-refractivity contribution is 0.600. The van der Waals surface area contributed by atoms with Crippen molar-refractivity contribution in [2.75, 3.05) is 12.8 Å². The number of nitrogens with one attached hydrogen (secondary N) is 1. The van der Waals surface area contributed by atoms with Gasteiger partial charge in [0.15, 0.2) is 5.84 Å². The minimum Gasteiger partial charge on any atom is -0.371 e. The van der Waals surface area contributed by atoms with Crippen LogP contribution in [0.15, 0.2) is 8.80 Å². The third kappa shape index (κ3) is 1.98. The van der Waals surface area contributed by atoms with Crippen LogP contribution in [0, 0.1) is 0 Å². The van der Waals surface area contributed by atoms with E-state index < -0.39 is 10.2 Å². The van der Waals surface area contributed by atoms with Crippen LogP contribution < -0.4 is 5.32 Å². The summed E-state index contributed by atoms with van der Waals surface area (Å²) in [7, 11) is -1.99. The van der Waals surface area contributed by atoms with E-state index in [0.29, 0.717) is 23.7 Å². The Labute approximate surface area is 76.6 Å². The number of amidine groups is 1. The van der Waals surface area contributed by atoms with E-state index in [9.17, 15) is 8.42 Å². The molecule has 1 heterocycles. The van der Waals surface area contributed by atoms with Gasteiger partial charge >= 0.3 is 10.2 Å². The van der Waals surface area contributed by atoms with Gasteiger partial charge in [-0.15, -0.1) is 8.80 Å². The van der Waals surface area contributed by atoms with Crippen LogP contribution in [0.3, 0.4) is 0 Å². The highest BCUT2D eigenvalue weighted by Gasteiger charge is 2.21. The maximum Gasteiger partial charge on any atom is 0.365 e. The van der Waals surface area contributed by atoms with Crippen LogP contribution in [0.1, 0.15) is 6.42 Å². The van der Waals surface area contributed by atoms with Crippen LogP contribution in [0.2, 0.25) is 0 Å². The van der Waals surface area contributed by atoms with Crippen molar-refractivity contribution in [3.05, 3.63) is 0 Å². The molecule has 1 aliphatic heterocycles. The summed E-state index contributed by atoms with van der Waals surface area (Å²) in [6, 6.07) is 0. The molecule has 0 saturated carbocycles. The van der Waals surface area contributed by atoms with E-state index in [1.807, 2.05) is 0 Å². The van der Waals surface area contributed by atoms with E-state index in [1.54, 1.807) is 7.05 Å². The third-order valence-corrected chi connectivity index (χ3v) is 2.38. The molecule has 7 heteroatoms. The molecule has 68 valence electrons. The SMILES string of the molecule is CNC1=NS(=O)(=O)N=C1CCS. The van der Waals surface area contributed by atoms with Crippen molar-refractivity contribution in [1.82, 2.24) is 5.32 Å². The highest BCUT2D eigenvalue weighted by molar-refractivity contribution is 7.89. The normalized spacial score (nSPS) is 20.2. The Morgan fingerprint density at radius 2 is 2.17 bits per heavy atom. The van der Waals surface area contributed by atoms with Crippen LogP contribution in [0.25, 0.3) is 0 Å². The zero-order valence-electron chi connectivity index (χ0n) is 6.48. The quantitative estimate of drug-likeness (QED) is 0.607. The van der Waals surface area contributed by atoms with Crippen molar-refractivity contribution in [3.8, 4) is 0 Å². The van der Waals surface area contributed by atoms with Gasteiger partial charge < -0.3 is 5.32 Å². The lowest BCUT2D eigenvalue weighted by atomic mass is 10.3. The van der Waals surface area contributed by atoms with Gasteiger partial charge in [0, 0.05) is 13.5 Å². The fourth-order valence-electron chi connectivity index (χ4n) is 0.831. The van der Waals surface area contributed by atoms with E-state index >= 15 is 0 Å². The Bertz CT molecular complexity index is 331. The molecule has 0 unspecified atom stereocenters. The Kier molecular flexibility index (Phi) is 2.73. The molecule has 0 aromatic carbocycles. The van der Waals surface area contributed by atoms with Gasteiger partial charge in [0.2, 0.25) is 0 Å². The zero-order chi connectivity index (χ0) is 9.19. The molecule has 0 bridgehead atoms. The first-order valence-corrected chi connectivity index (χ1v) is 5.34. The molecule has 1 rings (SSSR count). The van der Waals surface area contributed by atoms with Crippen molar-refractivity contribution in [2.24, 2.45) is 8.80 Å². The van der Waals surface area contributed by atoms with Crippen molar-refractivity contribution in [2.45, 2.75) is 6.42 Å². The largest absolute Gasteiger partial charge is 0.371 e. The summed E-state index contributed by atoms with van der Waals surface area (Å²) < 4.78 is 28.5. The van der Waals surface area contributed by atoms with Gasteiger partial charge in [-0.1, -0.05) is 0 Å². The summed E-state index contributed by atoms with van der Waals surface area (Å²) in [5.74, 6) is 0.874. The average molecular weight is 207 g/mol. The molecule has 12 heavy (non-hydrogen) atoms. The van der Waals surface area contributed by atoms with Crippen molar-refractivity contribution in [3.63, 3.8) is 0 Å². The molecule has 0 fully saturated rings. The fourth-order valence-corrected chi connectivity index (χ4v) is 1.97. The van der Waals surface area contributed by atoms with Crippen LogP contribution in [-0.2, 0) is 10.2 Å². The van der Waals surface area contributed by atoms with E-state index in [0.717, 1.165) is 0 Å². The molecule has 0 spiro atoms. The molecule has 5 nitrogen and oxygen atoms in total. The molecule has 0 atom stereocenters. The maximum absolute atomic E-state index is 10.8. The lowest BCUT2D eigenvalue weighted by Gasteiger charge is -1.98. The standard InChI is InChI=1S/C5H9N3O2S2/c1-6-5-4(2-3-11)7-12(9,10)8-5/h11H,2-3H2,1H3,(H,6,8). The molecule has 0 saturated heterocycles. The first-order chi connectivity index (χ1) is 5.59. The minimum atomic E-state index is -3.60. The van der Waals surface area contributed by atoms with Gasteiger partial charge in [-0.3, -0.25) is 0 Å². The van der Waals surface area contributed by atoms with Gasteiger partial charge in [0.25, 0.3) is 0 Å². The number of hydrogen-bond donors (Lipinski definition) is 2. The van der Waals surface area contributed by atoms with Crippen LogP contribution in [-0.4, -0.2) is 32.8 Å². The lowest BCUT2D eigenvalue weighted by Crippen LogP contribution is -2.25. The Morgan fingerprint density at radius 3 is 2.67 bits per heavy atom. The van der Waals surface area contributed by atoms with Gasteiger partial charge in [-0.25, -0.2) is 0 Å². The molecule has 1 aliphatic rings. The number of thiol groups is 1. The van der Waals surface area contributed by atoms with Crippen LogP contribution >= 0.6 is 12.6 Å². The van der Waals surface area contributed by atoms with E-state index in [4.69, 9.17) is 0 Å². The van der Waals surface area contributed by atoms with Crippen molar-refractivity contribution < 1.29 is 8.42 Å². The van der Waals surface area contributed by atoms with E-state index in [-0.39, 0.29) is 0 Å². The third-order valence-electron chi connectivity index (χ3n) is 1.29. The van der Waals surface area contributed by atoms with Gasteiger partial charge in [-0.2, -0.15) is 21.0 Å². The van der Waals surface area contributed by atoms with Crippen molar-refractivity contribution in [1.29, 1.82) is 0 Å². The molecule has 1 N–H and O–H groups in total. The van der Waals surface area contributed by atoms with Crippen LogP contribution in [0.4, 0.5) is 0 Å². The molecule has 0 aromatic rings. The molecular formula is C5H9N3O2S2. The summed E-state index contributed by atoms with van der Waals surface area (Å²) in [4.78, 5) is 0. The smallest absolute Gasteiger partial charge is 0.365 e. The summed E-state index contributed by atoms with van der Waals surface area (Å²) in [5.41, 5.74) is 0.451. The van der Waals surface area contributed by atoms with Gasteiger partial charge in [0.05, 0.1) is 5.71 Å². The maximum atomic E-state index is 10.8. The number of hydrogen-bond acceptors (Lipinski definition) is 4. The fraction of sp³-hybridized carbons (Fsp3) is 0.600. The Morgan fingerprint density at radius 1 is 1.50 bits per heavy atom. The minimum absolute atomic E-state index is 0.323. The molecule has 0 amide bonds.